The molecule has 0 atom stereocenters. The standard InChI is InChI=1S/C10H16ClN3/c1-7(2)4-5-12-9-8(3)6-13-10(11)14-9/h6-7H,4-5H2,1-3H3,(H,12,13,14). The predicted molar refractivity (Wildman–Crippen MR) is 59.7 cm³/mol. The Balaban J connectivity index is 2.53. The van der Waals surface area contributed by atoms with E-state index in [1.54, 1.807) is 6.20 Å². The first kappa shape index (κ1) is 11.2. The van der Waals surface area contributed by atoms with E-state index in [1.165, 1.54) is 0 Å². The van der Waals surface area contributed by atoms with Gasteiger partial charge in [-0.1, -0.05) is 13.8 Å². The van der Waals surface area contributed by atoms with Crippen LogP contribution in [-0.4, -0.2) is 16.5 Å². The van der Waals surface area contributed by atoms with Crippen molar-refractivity contribution < 1.29 is 0 Å². The minimum atomic E-state index is 0.294. The fourth-order valence-electron chi connectivity index (χ4n) is 1.08. The molecule has 0 bridgehead atoms. The zero-order valence-electron chi connectivity index (χ0n) is 8.84. The van der Waals surface area contributed by atoms with Crippen LogP contribution in [0.25, 0.3) is 0 Å². The maximum absolute atomic E-state index is 5.70. The van der Waals surface area contributed by atoms with E-state index in [0.29, 0.717) is 11.2 Å². The first-order valence-corrected chi connectivity index (χ1v) is 5.20. The van der Waals surface area contributed by atoms with Crippen LogP contribution in [0.15, 0.2) is 6.20 Å². The summed E-state index contributed by atoms with van der Waals surface area (Å²) in [5.74, 6) is 1.53. The number of aromatic nitrogens is 2. The van der Waals surface area contributed by atoms with E-state index in [4.69, 9.17) is 11.6 Å². The van der Waals surface area contributed by atoms with Crippen LogP contribution in [0, 0.1) is 12.8 Å². The van der Waals surface area contributed by atoms with Gasteiger partial charge in [0.25, 0.3) is 0 Å². The third-order valence-corrected chi connectivity index (χ3v) is 2.14. The molecule has 1 aromatic heterocycles. The van der Waals surface area contributed by atoms with Gasteiger partial charge >= 0.3 is 0 Å². The van der Waals surface area contributed by atoms with Gasteiger partial charge in [0.05, 0.1) is 0 Å². The van der Waals surface area contributed by atoms with Crippen LogP contribution in [-0.2, 0) is 0 Å². The van der Waals surface area contributed by atoms with E-state index in [1.807, 2.05) is 6.92 Å². The second-order valence-electron chi connectivity index (χ2n) is 3.78. The smallest absolute Gasteiger partial charge is 0.224 e. The molecular weight excluding hydrogens is 198 g/mol. The number of anilines is 1. The summed E-state index contributed by atoms with van der Waals surface area (Å²) in [5.41, 5.74) is 1.03. The summed E-state index contributed by atoms with van der Waals surface area (Å²) in [6.45, 7) is 7.28. The van der Waals surface area contributed by atoms with Gasteiger partial charge in [0.15, 0.2) is 0 Å². The van der Waals surface area contributed by atoms with Crippen LogP contribution in [0.4, 0.5) is 5.82 Å². The molecule has 0 fully saturated rings. The number of halogens is 1. The highest BCUT2D eigenvalue weighted by atomic mass is 35.5. The summed E-state index contributed by atoms with van der Waals surface area (Å²) in [4.78, 5) is 8.01. The number of nitrogens with one attached hydrogen (secondary N) is 1. The average Bonchev–Trinajstić information content (AvgIpc) is 2.10. The summed E-state index contributed by atoms with van der Waals surface area (Å²) in [5, 5.41) is 3.54. The maximum Gasteiger partial charge on any atom is 0.224 e. The third-order valence-electron chi connectivity index (χ3n) is 1.96. The van der Waals surface area contributed by atoms with Gasteiger partial charge in [-0.25, -0.2) is 9.97 Å². The summed E-state index contributed by atoms with van der Waals surface area (Å²) in [6, 6.07) is 0. The van der Waals surface area contributed by atoms with Crippen LogP contribution < -0.4 is 5.32 Å². The molecule has 1 N–H and O–H groups in total. The van der Waals surface area contributed by atoms with Crippen LogP contribution in [0.3, 0.4) is 0 Å². The molecule has 0 saturated heterocycles. The molecule has 0 unspecified atom stereocenters. The zero-order valence-corrected chi connectivity index (χ0v) is 9.60. The Bertz CT molecular complexity index is 299. The van der Waals surface area contributed by atoms with Crippen molar-refractivity contribution in [3.8, 4) is 0 Å². The zero-order chi connectivity index (χ0) is 10.6. The van der Waals surface area contributed by atoms with Gasteiger partial charge in [-0.3, -0.25) is 0 Å². The fourth-order valence-corrected chi connectivity index (χ4v) is 1.21. The Morgan fingerprint density at radius 3 is 2.86 bits per heavy atom. The van der Waals surface area contributed by atoms with Gasteiger partial charge in [-0.2, -0.15) is 0 Å². The van der Waals surface area contributed by atoms with Crippen LogP contribution in [0.2, 0.25) is 5.28 Å². The highest BCUT2D eigenvalue weighted by Crippen LogP contribution is 2.12. The quantitative estimate of drug-likeness (QED) is 0.782. The van der Waals surface area contributed by atoms with Gasteiger partial charge in [-0.05, 0) is 30.9 Å². The van der Waals surface area contributed by atoms with Crippen molar-refractivity contribution in [3.05, 3.63) is 17.0 Å². The molecule has 0 aliphatic carbocycles. The highest BCUT2D eigenvalue weighted by Gasteiger charge is 2.01. The number of rotatable bonds is 4. The number of hydrogen-bond acceptors (Lipinski definition) is 3. The number of aryl methyl sites for hydroxylation is 1. The van der Waals surface area contributed by atoms with Crippen molar-refractivity contribution in [1.29, 1.82) is 0 Å². The third kappa shape index (κ3) is 3.50. The van der Waals surface area contributed by atoms with Gasteiger partial charge < -0.3 is 5.32 Å². The second kappa shape index (κ2) is 5.15. The summed E-state index contributed by atoms with van der Waals surface area (Å²) < 4.78 is 0. The Morgan fingerprint density at radius 1 is 1.50 bits per heavy atom. The van der Waals surface area contributed by atoms with Crippen LogP contribution >= 0.6 is 11.6 Å². The first-order valence-electron chi connectivity index (χ1n) is 4.82. The van der Waals surface area contributed by atoms with Crippen LogP contribution in [0.5, 0.6) is 0 Å². The van der Waals surface area contributed by atoms with Gasteiger partial charge in [0.2, 0.25) is 5.28 Å². The SMILES string of the molecule is Cc1cnc(Cl)nc1NCCC(C)C. The molecule has 0 amide bonds. The Labute approximate surface area is 89.9 Å². The molecular formula is C10H16ClN3. The summed E-state index contributed by atoms with van der Waals surface area (Å²) in [6.07, 6.45) is 2.86. The molecule has 0 spiro atoms. The molecule has 0 aromatic carbocycles. The minimum absolute atomic E-state index is 0.294. The predicted octanol–water partition coefficient (Wildman–Crippen LogP) is 2.90. The lowest BCUT2D eigenvalue weighted by atomic mass is 10.1. The van der Waals surface area contributed by atoms with Gasteiger partial charge in [-0.15, -0.1) is 0 Å². The van der Waals surface area contributed by atoms with Crippen LogP contribution in [0.1, 0.15) is 25.8 Å². The van der Waals surface area contributed by atoms with E-state index >= 15 is 0 Å². The topological polar surface area (TPSA) is 37.8 Å². The fraction of sp³-hybridized carbons (Fsp3) is 0.600. The van der Waals surface area contributed by atoms with Crippen molar-refractivity contribution >= 4 is 17.4 Å². The Kier molecular flexibility index (Phi) is 4.14. The normalized spacial score (nSPS) is 10.6. The molecule has 14 heavy (non-hydrogen) atoms. The molecule has 1 heterocycles. The van der Waals surface area contributed by atoms with E-state index < -0.39 is 0 Å². The van der Waals surface area contributed by atoms with E-state index in [9.17, 15) is 0 Å². The lowest BCUT2D eigenvalue weighted by molar-refractivity contribution is 0.606. The molecule has 1 rings (SSSR count). The average molecular weight is 214 g/mol. The maximum atomic E-state index is 5.70. The van der Waals surface area contributed by atoms with Gasteiger partial charge in [0, 0.05) is 18.3 Å². The Morgan fingerprint density at radius 2 is 2.21 bits per heavy atom. The monoisotopic (exact) mass is 213 g/mol. The minimum Gasteiger partial charge on any atom is -0.370 e. The van der Waals surface area contributed by atoms with Crippen molar-refractivity contribution in [1.82, 2.24) is 9.97 Å². The second-order valence-corrected chi connectivity index (χ2v) is 4.12. The van der Waals surface area contributed by atoms with E-state index in [2.05, 4.69) is 29.1 Å². The number of nitrogens with zero attached hydrogens (tertiary/aromatic N) is 2. The van der Waals surface area contributed by atoms with Crippen molar-refractivity contribution in [3.63, 3.8) is 0 Å². The molecule has 0 aliphatic heterocycles. The number of hydrogen-bond donors (Lipinski definition) is 1. The lowest BCUT2D eigenvalue weighted by Crippen LogP contribution is -2.07. The molecule has 1 aromatic rings. The molecule has 0 aliphatic rings. The van der Waals surface area contributed by atoms with E-state index in [0.717, 1.165) is 24.3 Å². The van der Waals surface area contributed by atoms with Crippen molar-refractivity contribution in [2.45, 2.75) is 27.2 Å². The lowest BCUT2D eigenvalue weighted by Gasteiger charge is -2.09. The molecule has 0 radical (unpaired) electrons. The van der Waals surface area contributed by atoms with E-state index in [-0.39, 0.29) is 0 Å². The molecule has 0 saturated carbocycles. The molecule has 4 heteroatoms. The van der Waals surface area contributed by atoms with Gasteiger partial charge in [0.1, 0.15) is 5.82 Å². The Hall–Kier alpha value is -0.830. The molecule has 3 nitrogen and oxygen atoms in total. The van der Waals surface area contributed by atoms with Crippen molar-refractivity contribution in [2.24, 2.45) is 5.92 Å². The summed E-state index contributed by atoms with van der Waals surface area (Å²) in [7, 11) is 0. The van der Waals surface area contributed by atoms with Crippen molar-refractivity contribution in [2.75, 3.05) is 11.9 Å². The molecule has 78 valence electrons. The highest BCUT2D eigenvalue weighted by molar-refractivity contribution is 6.28. The largest absolute Gasteiger partial charge is 0.370 e. The summed E-state index contributed by atoms with van der Waals surface area (Å²) >= 11 is 5.70. The first-order chi connectivity index (χ1) is 6.59.